The monoisotopic (exact) mass is 331 g/mol. The molecule has 2 aromatic carbocycles. The number of hydrogen-bond donors (Lipinski definition) is 1. The lowest BCUT2D eigenvalue weighted by atomic mass is 10.1. The van der Waals surface area contributed by atoms with E-state index >= 15 is 0 Å². The molecule has 0 radical (unpaired) electrons. The molecule has 0 bridgehead atoms. The van der Waals surface area contributed by atoms with Crippen molar-refractivity contribution in [2.75, 3.05) is 0 Å². The summed E-state index contributed by atoms with van der Waals surface area (Å²) in [5.74, 6) is 0.0108. The summed E-state index contributed by atoms with van der Waals surface area (Å²) in [6.45, 7) is 1.10. The molecule has 0 atom stereocenters. The van der Waals surface area contributed by atoms with Gasteiger partial charge in [0.15, 0.2) is 0 Å². The van der Waals surface area contributed by atoms with Crippen LogP contribution in [0.25, 0.3) is 10.8 Å². The Morgan fingerprint density at radius 1 is 0.920 bits per heavy atom. The van der Waals surface area contributed by atoms with Crippen molar-refractivity contribution in [2.45, 2.75) is 13.1 Å². The van der Waals surface area contributed by atoms with Gasteiger partial charge < -0.3 is 9.67 Å². The molecular weight excluding hydrogens is 314 g/mol. The number of aromatic nitrogens is 3. The third-order valence-electron chi connectivity index (χ3n) is 4.21. The number of fused-ring (bicyclic) bond motifs is 1. The number of benzene rings is 2. The fourth-order valence-corrected chi connectivity index (χ4v) is 2.98. The largest absolute Gasteiger partial charge is 0.507 e. The average Bonchev–Trinajstić information content (AvgIpc) is 3.05. The number of pyridine rings is 1. The molecule has 0 spiro atoms. The van der Waals surface area contributed by atoms with E-state index in [1.807, 2.05) is 41.2 Å². The number of phenols is 1. The van der Waals surface area contributed by atoms with Crippen molar-refractivity contribution in [3.8, 4) is 5.75 Å². The van der Waals surface area contributed by atoms with E-state index in [-0.39, 0.29) is 11.3 Å². The van der Waals surface area contributed by atoms with Crippen LogP contribution < -0.4 is 5.56 Å². The third kappa shape index (κ3) is 3.04. The first-order valence-corrected chi connectivity index (χ1v) is 8.07. The highest BCUT2D eigenvalue weighted by Crippen LogP contribution is 2.20. The van der Waals surface area contributed by atoms with Crippen molar-refractivity contribution in [3.05, 3.63) is 94.7 Å². The molecule has 0 aliphatic rings. The van der Waals surface area contributed by atoms with Crippen molar-refractivity contribution >= 4 is 10.8 Å². The first-order valence-electron chi connectivity index (χ1n) is 8.07. The van der Waals surface area contributed by atoms with Gasteiger partial charge in [0.25, 0.3) is 5.56 Å². The Kier molecular flexibility index (Phi) is 3.82. The highest BCUT2D eigenvalue weighted by molar-refractivity contribution is 5.86. The molecule has 25 heavy (non-hydrogen) atoms. The SMILES string of the molecule is O=c1c2c(O)cccc2ccn1Cc1cnn(Cc2ccccc2)c1. The smallest absolute Gasteiger partial charge is 0.262 e. The van der Waals surface area contributed by atoms with Gasteiger partial charge in [0.2, 0.25) is 0 Å². The van der Waals surface area contributed by atoms with E-state index in [0.29, 0.717) is 18.5 Å². The maximum absolute atomic E-state index is 12.6. The molecule has 2 aromatic heterocycles. The fraction of sp³-hybridized carbons (Fsp3) is 0.100. The minimum absolute atomic E-state index is 0.0108. The number of aromatic hydroxyl groups is 1. The lowest BCUT2D eigenvalue weighted by Crippen LogP contribution is -2.19. The van der Waals surface area contributed by atoms with E-state index < -0.39 is 0 Å². The van der Waals surface area contributed by atoms with Crippen LogP contribution in [0.15, 0.2) is 78.0 Å². The topological polar surface area (TPSA) is 60.0 Å². The van der Waals surface area contributed by atoms with E-state index in [0.717, 1.165) is 10.9 Å². The molecule has 4 rings (SSSR count). The zero-order valence-electron chi connectivity index (χ0n) is 13.5. The van der Waals surface area contributed by atoms with E-state index in [9.17, 15) is 9.90 Å². The Labute approximate surface area is 144 Å². The summed E-state index contributed by atoms with van der Waals surface area (Å²) in [5.41, 5.74) is 1.91. The van der Waals surface area contributed by atoms with Crippen LogP contribution in [0.1, 0.15) is 11.1 Å². The van der Waals surface area contributed by atoms with Crippen molar-refractivity contribution in [2.24, 2.45) is 0 Å². The molecule has 1 N–H and O–H groups in total. The zero-order chi connectivity index (χ0) is 17.2. The maximum atomic E-state index is 12.6. The van der Waals surface area contributed by atoms with Crippen LogP contribution in [0.2, 0.25) is 0 Å². The van der Waals surface area contributed by atoms with E-state index in [4.69, 9.17) is 0 Å². The molecule has 5 heteroatoms. The molecule has 2 heterocycles. The Morgan fingerprint density at radius 2 is 1.76 bits per heavy atom. The summed E-state index contributed by atoms with van der Waals surface area (Å²) in [6.07, 6.45) is 5.46. The molecule has 0 saturated carbocycles. The van der Waals surface area contributed by atoms with Gasteiger partial charge in [0.05, 0.1) is 24.7 Å². The van der Waals surface area contributed by atoms with Crippen LogP contribution in [-0.4, -0.2) is 19.5 Å². The average molecular weight is 331 g/mol. The minimum Gasteiger partial charge on any atom is -0.507 e. The summed E-state index contributed by atoms with van der Waals surface area (Å²) in [4.78, 5) is 12.6. The van der Waals surface area contributed by atoms with Crippen LogP contribution in [0.5, 0.6) is 5.75 Å². The van der Waals surface area contributed by atoms with Gasteiger partial charge in [0.1, 0.15) is 5.75 Å². The van der Waals surface area contributed by atoms with Gasteiger partial charge in [-0.2, -0.15) is 5.10 Å². The van der Waals surface area contributed by atoms with E-state index in [1.54, 1.807) is 23.0 Å². The van der Waals surface area contributed by atoms with Gasteiger partial charge >= 0.3 is 0 Å². The first kappa shape index (κ1) is 15.2. The van der Waals surface area contributed by atoms with Crippen molar-refractivity contribution < 1.29 is 5.11 Å². The summed E-state index contributed by atoms with van der Waals surface area (Å²) < 4.78 is 3.44. The second kappa shape index (κ2) is 6.28. The lowest BCUT2D eigenvalue weighted by Gasteiger charge is -2.07. The van der Waals surface area contributed by atoms with Crippen molar-refractivity contribution in [1.82, 2.24) is 14.3 Å². The van der Waals surface area contributed by atoms with Gasteiger partial charge in [-0.25, -0.2) is 0 Å². The molecule has 4 aromatic rings. The van der Waals surface area contributed by atoms with Crippen molar-refractivity contribution in [1.29, 1.82) is 0 Å². The van der Waals surface area contributed by atoms with E-state index in [2.05, 4.69) is 17.2 Å². The number of hydrogen-bond acceptors (Lipinski definition) is 3. The standard InChI is InChI=1S/C20H17N3O2/c24-18-8-4-7-17-9-10-22(20(25)19(17)18)12-16-11-21-23(14-16)13-15-5-2-1-3-6-15/h1-11,14,24H,12-13H2. The second-order valence-electron chi connectivity index (χ2n) is 6.02. The quantitative estimate of drug-likeness (QED) is 0.625. The molecule has 0 aliphatic heterocycles. The highest BCUT2D eigenvalue weighted by atomic mass is 16.3. The zero-order valence-corrected chi connectivity index (χ0v) is 13.5. The number of phenolic OH excluding ortho intramolecular Hbond substituents is 1. The third-order valence-corrected chi connectivity index (χ3v) is 4.21. The van der Waals surface area contributed by atoms with Crippen molar-refractivity contribution in [3.63, 3.8) is 0 Å². The van der Waals surface area contributed by atoms with Crippen LogP contribution in [0.3, 0.4) is 0 Å². The summed E-state index contributed by atoms with van der Waals surface area (Å²) in [5, 5.41) is 15.4. The highest BCUT2D eigenvalue weighted by Gasteiger charge is 2.08. The van der Waals surface area contributed by atoms with Gasteiger partial charge in [-0.05, 0) is 23.1 Å². The summed E-state index contributed by atoms with van der Waals surface area (Å²) >= 11 is 0. The molecule has 0 amide bonds. The predicted molar refractivity (Wildman–Crippen MR) is 96.7 cm³/mol. The number of rotatable bonds is 4. The molecule has 0 fully saturated rings. The maximum Gasteiger partial charge on any atom is 0.262 e. The van der Waals surface area contributed by atoms with Gasteiger partial charge in [-0.3, -0.25) is 9.48 Å². The van der Waals surface area contributed by atoms with Crippen LogP contribution >= 0.6 is 0 Å². The van der Waals surface area contributed by atoms with Gasteiger partial charge in [-0.15, -0.1) is 0 Å². The van der Waals surface area contributed by atoms with E-state index in [1.165, 1.54) is 11.6 Å². The molecule has 124 valence electrons. The Morgan fingerprint density at radius 3 is 2.60 bits per heavy atom. The summed E-state index contributed by atoms with van der Waals surface area (Å²) in [7, 11) is 0. The van der Waals surface area contributed by atoms with Gasteiger partial charge in [0, 0.05) is 18.0 Å². The Balaban J connectivity index is 1.61. The van der Waals surface area contributed by atoms with Crippen LogP contribution in [-0.2, 0) is 13.1 Å². The minimum atomic E-state index is -0.202. The number of nitrogens with zero attached hydrogens (tertiary/aromatic N) is 3. The predicted octanol–water partition coefficient (Wildman–Crippen LogP) is 3.00. The Hall–Kier alpha value is -3.34. The lowest BCUT2D eigenvalue weighted by molar-refractivity contribution is 0.480. The normalized spacial score (nSPS) is 11.0. The van der Waals surface area contributed by atoms with Gasteiger partial charge in [-0.1, -0.05) is 42.5 Å². The summed E-state index contributed by atoms with van der Waals surface area (Å²) in [6, 6.07) is 17.0. The Bertz CT molecular complexity index is 1080. The molecule has 0 aliphatic carbocycles. The molecular formula is C20H17N3O2. The molecule has 5 nitrogen and oxygen atoms in total. The second-order valence-corrected chi connectivity index (χ2v) is 6.02. The molecule has 0 unspecified atom stereocenters. The fourth-order valence-electron chi connectivity index (χ4n) is 2.98. The van der Waals surface area contributed by atoms with Crippen LogP contribution in [0, 0.1) is 0 Å². The molecule has 0 saturated heterocycles. The van der Waals surface area contributed by atoms with Crippen LogP contribution in [0.4, 0.5) is 0 Å². The first-order chi connectivity index (χ1) is 12.2.